The van der Waals surface area contributed by atoms with Crippen molar-refractivity contribution in [3.63, 3.8) is 0 Å². The van der Waals surface area contributed by atoms with Crippen molar-refractivity contribution in [2.75, 3.05) is 0 Å². The van der Waals surface area contributed by atoms with Crippen LogP contribution in [0.25, 0.3) is 10.8 Å². The summed E-state index contributed by atoms with van der Waals surface area (Å²) in [5.74, 6) is 0. The molecule has 0 radical (unpaired) electrons. The molecule has 0 saturated carbocycles. The van der Waals surface area contributed by atoms with Gasteiger partial charge >= 0.3 is 0 Å². The zero-order valence-electron chi connectivity index (χ0n) is 7.62. The molecule has 0 N–H and O–H groups in total. The lowest BCUT2D eigenvalue weighted by Gasteiger charge is -1.92. The minimum atomic E-state index is 0. The summed E-state index contributed by atoms with van der Waals surface area (Å²) in [6.45, 7) is 4.00. The van der Waals surface area contributed by atoms with Crippen LogP contribution in [-0.4, -0.2) is 0 Å². The molecule has 0 unspecified atom stereocenters. The predicted molar refractivity (Wildman–Crippen MR) is 68.8 cm³/mol. The molecule has 0 heteroatoms. The van der Waals surface area contributed by atoms with Gasteiger partial charge in [0.25, 0.3) is 0 Å². The summed E-state index contributed by atoms with van der Waals surface area (Å²) in [5, 5.41) is 2.62. The van der Waals surface area contributed by atoms with Gasteiger partial charge < -0.3 is 0 Å². The molecule has 0 fully saturated rings. The van der Waals surface area contributed by atoms with Crippen LogP contribution in [0.5, 0.6) is 0 Å². The molecule has 0 amide bonds. The summed E-state index contributed by atoms with van der Waals surface area (Å²) in [7, 11) is 0. The van der Waals surface area contributed by atoms with Crippen LogP contribution in [0.4, 0.5) is 0 Å². The summed E-state index contributed by atoms with van der Waals surface area (Å²) >= 11 is 0. The average Bonchev–Trinajstić information content (AvgIpc) is 2.21. The number of rotatable bonds is 0. The van der Waals surface area contributed by atoms with Crippen LogP contribution in [0.3, 0.4) is 0 Å². The van der Waals surface area contributed by atoms with E-state index in [1.54, 1.807) is 0 Å². The van der Waals surface area contributed by atoms with Crippen molar-refractivity contribution < 1.29 is 0 Å². The normalized spacial score (nSPS) is 7.57. The van der Waals surface area contributed by atoms with Crippen LogP contribution < -0.4 is 0 Å². The van der Waals surface area contributed by atoms with E-state index in [0.29, 0.717) is 0 Å². The minimum absolute atomic E-state index is 0. The first kappa shape index (κ1) is 15.2. The third-order valence-electron chi connectivity index (χ3n) is 1.66. The zero-order valence-corrected chi connectivity index (χ0v) is 7.62. The third-order valence-corrected chi connectivity index (χ3v) is 1.66. The second kappa shape index (κ2) is 8.31. The molecule has 2 aromatic rings. The quantitative estimate of drug-likeness (QED) is 0.539. The number of hydrogen-bond acceptors (Lipinski definition) is 0. The predicted octanol–water partition coefficient (Wildman–Crippen LogP) is 5.14. The largest absolute Gasteiger partial charge is 0.0776 e. The maximum Gasteiger partial charge on any atom is -0.0184 e. The fourth-order valence-corrected chi connectivity index (χ4v) is 1.13. The Morgan fingerprint density at radius 2 is 0.786 bits per heavy atom. The fraction of sp³-hybridized carbons (Fsp3) is 0.286. The van der Waals surface area contributed by atoms with Crippen molar-refractivity contribution in [3.05, 3.63) is 48.5 Å². The molecular formula is C14H22. The molecule has 0 atom stereocenters. The Morgan fingerprint density at radius 1 is 0.571 bits per heavy atom. The Kier molecular flexibility index (Phi) is 9.01. The Morgan fingerprint density at radius 3 is 1.00 bits per heavy atom. The Hall–Kier alpha value is -1.30. The van der Waals surface area contributed by atoms with E-state index in [-0.39, 0.29) is 14.9 Å². The van der Waals surface area contributed by atoms with Gasteiger partial charge in [0.15, 0.2) is 0 Å². The van der Waals surface area contributed by atoms with Crippen molar-refractivity contribution in [2.45, 2.75) is 28.7 Å². The van der Waals surface area contributed by atoms with E-state index in [1.165, 1.54) is 10.8 Å². The summed E-state index contributed by atoms with van der Waals surface area (Å²) in [6, 6.07) is 16.7. The van der Waals surface area contributed by atoms with Gasteiger partial charge in [-0.2, -0.15) is 0 Å². The molecule has 0 spiro atoms. The molecule has 2 aromatic carbocycles. The standard InChI is InChI=1S/C10H8.C2H6.2CH4/c1-2-6-10-8-4-3-7-9(10)5-1;1-2;;/h1-8H;1-2H3;2*1H4. The van der Waals surface area contributed by atoms with Crippen LogP contribution in [0, 0.1) is 0 Å². The van der Waals surface area contributed by atoms with Gasteiger partial charge in [0.05, 0.1) is 0 Å². The van der Waals surface area contributed by atoms with Crippen LogP contribution in [0.2, 0.25) is 0 Å². The van der Waals surface area contributed by atoms with E-state index in [1.807, 2.05) is 13.8 Å². The molecule has 78 valence electrons. The molecule has 0 aliphatic heterocycles. The Bertz CT molecular complexity index is 271. The summed E-state index contributed by atoms with van der Waals surface area (Å²) in [6.07, 6.45) is 0. The number of hydrogen-bond donors (Lipinski definition) is 0. The maximum absolute atomic E-state index is 2.12. The van der Waals surface area contributed by atoms with Gasteiger partial charge in [-0.15, -0.1) is 0 Å². The smallest absolute Gasteiger partial charge is 0.0184 e. The molecule has 0 aromatic heterocycles. The van der Waals surface area contributed by atoms with Crippen molar-refractivity contribution in [3.8, 4) is 0 Å². The second-order valence-electron chi connectivity index (χ2n) is 2.35. The highest BCUT2D eigenvalue weighted by Gasteiger charge is 1.85. The van der Waals surface area contributed by atoms with Gasteiger partial charge in [0.1, 0.15) is 0 Å². The van der Waals surface area contributed by atoms with E-state index in [0.717, 1.165) is 0 Å². The molecule has 14 heavy (non-hydrogen) atoms. The summed E-state index contributed by atoms with van der Waals surface area (Å²) in [4.78, 5) is 0. The molecule has 0 aliphatic rings. The monoisotopic (exact) mass is 190 g/mol. The molecule has 0 nitrogen and oxygen atoms in total. The lowest BCUT2D eigenvalue weighted by atomic mass is 10.1. The second-order valence-corrected chi connectivity index (χ2v) is 2.35. The van der Waals surface area contributed by atoms with Gasteiger partial charge in [0, 0.05) is 0 Å². The Labute approximate surface area is 88.6 Å². The summed E-state index contributed by atoms with van der Waals surface area (Å²) < 4.78 is 0. The van der Waals surface area contributed by atoms with Crippen molar-refractivity contribution in [1.29, 1.82) is 0 Å². The topological polar surface area (TPSA) is 0 Å². The maximum atomic E-state index is 2.12. The molecule has 0 aliphatic carbocycles. The molecule has 0 saturated heterocycles. The minimum Gasteiger partial charge on any atom is -0.0776 e. The van der Waals surface area contributed by atoms with E-state index < -0.39 is 0 Å². The fourth-order valence-electron chi connectivity index (χ4n) is 1.13. The highest BCUT2D eigenvalue weighted by atomic mass is 13.9. The SMILES string of the molecule is C.C.CC.c1ccc2ccccc2c1. The van der Waals surface area contributed by atoms with Crippen LogP contribution in [0.15, 0.2) is 48.5 Å². The zero-order chi connectivity index (χ0) is 8.81. The van der Waals surface area contributed by atoms with Crippen molar-refractivity contribution in [1.82, 2.24) is 0 Å². The Balaban J connectivity index is 0. The first-order valence-corrected chi connectivity index (χ1v) is 4.40. The van der Waals surface area contributed by atoms with Gasteiger partial charge in [-0.25, -0.2) is 0 Å². The molecule has 0 bridgehead atoms. The lowest BCUT2D eigenvalue weighted by molar-refractivity contribution is 1.50. The molecular weight excluding hydrogens is 168 g/mol. The van der Waals surface area contributed by atoms with Gasteiger partial charge in [0.2, 0.25) is 0 Å². The van der Waals surface area contributed by atoms with Gasteiger partial charge in [-0.05, 0) is 10.8 Å². The highest BCUT2D eigenvalue weighted by molar-refractivity contribution is 5.81. The molecule has 0 heterocycles. The van der Waals surface area contributed by atoms with E-state index >= 15 is 0 Å². The summed E-state index contributed by atoms with van der Waals surface area (Å²) in [5.41, 5.74) is 0. The first-order chi connectivity index (χ1) is 5.97. The number of fused-ring (bicyclic) bond motifs is 1. The van der Waals surface area contributed by atoms with Crippen LogP contribution in [0.1, 0.15) is 28.7 Å². The third kappa shape index (κ3) is 3.61. The van der Waals surface area contributed by atoms with Crippen LogP contribution in [-0.2, 0) is 0 Å². The van der Waals surface area contributed by atoms with Gasteiger partial charge in [-0.1, -0.05) is 77.2 Å². The van der Waals surface area contributed by atoms with E-state index in [4.69, 9.17) is 0 Å². The highest BCUT2D eigenvalue weighted by Crippen LogP contribution is 2.11. The molecule has 2 rings (SSSR count). The number of benzene rings is 2. The van der Waals surface area contributed by atoms with Gasteiger partial charge in [-0.3, -0.25) is 0 Å². The lowest BCUT2D eigenvalue weighted by Crippen LogP contribution is -1.67. The van der Waals surface area contributed by atoms with E-state index in [9.17, 15) is 0 Å². The van der Waals surface area contributed by atoms with Crippen molar-refractivity contribution in [2.24, 2.45) is 0 Å². The van der Waals surface area contributed by atoms with E-state index in [2.05, 4.69) is 48.5 Å². The average molecular weight is 190 g/mol. The first-order valence-electron chi connectivity index (χ1n) is 4.40. The van der Waals surface area contributed by atoms with Crippen LogP contribution >= 0.6 is 0 Å². The van der Waals surface area contributed by atoms with Crippen molar-refractivity contribution >= 4 is 10.8 Å².